The average Bonchev–Trinajstić information content (AvgIpc) is 3.52. The number of nitrogens with zero attached hydrogens (tertiary/aromatic N) is 1. The second-order valence-electron chi connectivity index (χ2n) is 16.1. The molecule has 58 heavy (non-hydrogen) atoms. The van der Waals surface area contributed by atoms with Crippen LogP contribution in [-0.4, -0.2) is 0 Å². The Kier molecular flexibility index (Phi) is 7.91. The van der Waals surface area contributed by atoms with Gasteiger partial charge in [0.1, 0.15) is 0 Å². The van der Waals surface area contributed by atoms with Gasteiger partial charge in [0.15, 0.2) is 0 Å². The molecular formula is C57H41N. The molecule has 1 heteroatoms. The van der Waals surface area contributed by atoms with Gasteiger partial charge < -0.3 is 4.90 Å². The van der Waals surface area contributed by atoms with Crippen molar-refractivity contribution in [3.8, 4) is 44.5 Å². The first kappa shape index (κ1) is 34.1. The van der Waals surface area contributed by atoms with E-state index in [9.17, 15) is 0 Å². The van der Waals surface area contributed by atoms with Gasteiger partial charge in [0.05, 0.1) is 5.69 Å². The molecule has 0 fully saturated rings. The lowest BCUT2D eigenvalue weighted by Gasteiger charge is -2.30. The predicted molar refractivity (Wildman–Crippen MR) is 248 cm³/mol. The Morgan fingerprint density at radius 3 is 1.72 bits per heavy atom. The van der Waals surface area contributed by atoms with Gasteiger partial charge in [0.25, 0.3) is 0 Å². The van der Waals surface area contributed by atoms with Crippen molar-refractivity contribution in [1.82, 2.24) is 0 Å². The fraction of sp³-hybridized carbons (Fsp3) is 0.0526. The summed E-state index contributed by atoms with van der Waals surface area (Å²) in [6.45, 7) is 4.72. The summed E-state index contributed by atoms with van der Waals surface area (Å²) in [7, 11) is 0. The fourth-order valence-electron chi connectivity index (χ4n) is 9.48. The van der Waals surface area contributed by atoms with E-state index in [1.54, 1.807) is 0 Å². The van der Waals surface area contributed by atoms with Crippen LogP contribution in [0.25, 0.3) is 76.8 Å². The molecule has 1 aliphatic carbocycles. The molecule has 0 atom stereocenters. The molecule has 0 unspecified atom stereocenters. The Balaban J connectivity index is 1.10. The van der Waals surface area contributed by atoms with Crippen molar-refractivity contribution in [2.75, 3.05) is 4.90 Å². The van der Waals surface area contributed by atoms with Crippen LogP contribution < -0.4 is 4.90 Å². The van der Waals surface area contributed by atoms with Crippen LogP contribution in [0.5, 0.6) is 0 Å². The molecule has 0 radical (unpaired) electrons. The molecule has 0 saturated carbocycles. The van der Waals surface area contributed by atoms with Crippen LogP contribution in [0.1, 0.15) is 25.0 Å². The smallest absolute Gasteiger partial charge is 0.0540 e. The summed E-state index contributed by atoms with van der Waals surface area (Å²) in [5.74, 6) is 0. The maximum Gasteiger partial charge on any atom is 0.0540 e. The summed E-state index contributed by atoms with van der Waals surface area (Å²) in [5, 5.41) is 7.59. The van der Waals surface area contributed by atoms with Gasteiger partial charge in [-0.15, -0.1) is 0 Å². The van der Waals surface area contributed by atoms with Crippen molar-refractivity contribution < 1.29 is 0 Å². The second kappa shape index (κ2) is 13.5. The van der Waals surface area contributed by atoms with Gasteiger partial charge in [-0.05, 0) is 125 Å². The zero-order valence-electron chi connectivity index (χ0n) is 32.7. The van der Waals surface area contributed by atoms with E-state index < -0.39 is 0 Å². The first-order chi connectivity index (χ1) is 28.5. The minimum Gasteiger partial charge on any atom is -0.310 e. The number of fused-ring (bicyclic) bond motifs is 7. The lowest BCUT2D eigenvalue weighted by molar-refractivity contribution is 0.660. The molecule has 0 spiro atoms. The van der Waals surface area contributed by atoms with Gasteiger partial charge in [-0.1, -0.05) is 184 Å². The minimum absolute atomic E-state index is 0.126. The van der Waals surface area contributed by atoms with E-state index in [1.807, 2.05) is 0 Å². The summed E-state index contributed by atoms with van der Waals surface area (Å²) in [4.78, 5) is 2.46. The molecule has 0 saturated heterocycles. The molecule has 1 aliphatic rings. The maximum absolute atomic E-state index is 2.46. The predicted octanol–water partition coefficient (Wildman–Crippen LogP) is 15.9. The molecule has 10 aromatic carbocycles. The van der Waals surface area contributed by atoms with E-state index in [0.29, 0.717) is 0 Å². The summed E-state index contributed by atoms with van der Waals surface area (Å²) < 4.78 is 0. The quantitative estimate of drug-likeness (QED) is 0.154. The second-order valence-corrected chi connectivity index (χ2v) is 16.1. The molecular weight excluding hydrogens is 699 g/mol. The zero-order valence-corrected chi connectivity index (χ0v) is 32.7. The van der Waals surface area contributed by atoms with Gasteiger partial charge in [-0.25, -0.2) is 0 Å². The van der Waals surface area contributed by atoms with Crippen LogP contribution in [0, 0.1) is 0 Å². The van der Waals surface area contributed by atoms with Crippen LogP contribution >= 0.6 is 0 Å². The van der Waals surface area contributed by atoms with Crippen LogP contribution in [0.4, 0.5) is 17.1 Å². The number of rotatable bonds is 6. The third kappa shape index (κ3) is 5.54. The van der Waals surface area contributed by atoms with Crippen LogP contribution in [0.3, 0.4) is 0 Å². The Hall–Kier alpha value is -7.22. The van der Waals surface area contributed by atoms with E-state index in [0.717, 1.165) is 17.1 Å². The summed E-state index contributed by atoms with van der Waals surface area (Å²) in [5.41, 5.74) is 15.8. The molecule has 11 rings (SSSR count). The molecule has 0 heterocycles. The van der Waals surface area contributed by atoms with E-state index in [4.69, 9.17) is 0 Å². The first-order valence-electron chi connectivity index (χ1n) is 20.3. The number of hydrogen-bond donors (Lipinski definition) is 0. The van der Waals surface area contributed by atoms with Crippen molar-refractivity contribution in [2.45, 2.75) is 19.3 Å². The van der Waals surface area contributed by atoms with Gasteiger partial charge in [0.2, 0.25) is 0 Å². The van der Waals surface area contributed by atoms with Crippen LogP contribution in [-0.2, 0) is 5.41 Å². The third-order valence-electron chi connectivity index (χ3n) is 12.5. The van der Waals surface area contributed by atoms with E-state index in [2.05, 4.69) is 231 Å². The molecule has 0 N–H and O–H groups in total. The molecule has 0 amide bonds. The highest BCUT2D eigenvalue weighted by Gasteiger charge is 2.36. The highest BCUT2D eigenvalue weighted by atomic mass is 15.1. The standard InChI is InChI=1S/C57H41N/c1-57(2)54-22-11-10-20-51(54)52-33-31-46(37-55(52)57)58(45-29-25-41(26-30-45)49-21-12-17-38-15-6-8-18-47(38)49)56-34-28-43(36-53(56)39-13-4-3-5-14-39)42-27-32-50-44(35-42)24-23-40-16-7-9-19-48(40)50/h3-37H,1-2H3. The monoisotopic (exact) mass is 739 g/mol. The van der Waals surface area contributed by atoms with Crippen molar-refractivity contribution in [2.24, 2.45) is 0 Å². The first-order valence-corrected chi connectivity index (χ1v) is 20.3. The van der Waals surface area contributed by atoms with Crippen LogP contribution in [0.15, 0.2) is 212 Å². The summed E-state index contributed by atoms with van der Waals surface area (Å²) in [6.07, 6.45) is 0. The Morgan fingerprint density at radius 1 is 0.310 bits per heavy atom. The van der Waals surface area contributed by atoms with Crippen molar-refractivity contribution in [3.63, 3.8) is 0 Å². The molecule has 274 valence electrons. The van der Waals surface area contributed by atoms with Crippen LogP contribution in [0.2, 0.25) is 0 Å². The topological polar surface area (TPSA) is 3.24 Å². The van der Waals surface area contributed by atoms with Gasteiger partial charge in [-0.2, -0.15) is 0 Å². The molecule has 0 aromatic heterocycles. The highest BCUT2D eigenvalue weighted by molar-refractivity contribution is 6.08. The summed E-state index contributed by atoms with van der Waals surface area (Å²) >= 11 is 0. The van der Waals surface area contributed by atoms with E-state index in [-0.39, 0.29) is 5.41 Å². The molecule has 0 aliphatic heterocycles. The third-order valence-corrected chi connectivity index (χ3v) is 12.5. The van der Waals surface area contributed by atoms with E-state index in [1.165, 1.54) is 88.0 Å². The lowest BCUT2D eigenvalue weighted by Crippen LogP contribution is -2.17. The normalized spacial score (nSPS) is 12.8. The summed E-state index contributed by atoms with van der Waals surface area (Å²) in [6, 6.07) is 78.3. The van der Waals surface area contributed by atoms with Crippen molar-refractivity contribution in [1.29, 1.82) is 0 Å². The number of anilines is 3. The number of hydrogen-bond acceptors (Lipinski definition) is 1. The molecule has 10 aromatic rings. The van der Waals surface area contributed by atoms with Crippen molar-refractivity contribution in [3.05, 3.63) is 223 Å². The molecule has 1 nitrogen and oxygen atoms in total. The highest BCUT2D eigenvalue weighted by Crippen LogP contribution is 2.51. The number of benzene rings is 10. The van der Waals surface area contributed by atoms with Gasteiger partial charge in [-0.3, -0.25) is 0 Å². The average molecular weight is 740 g/mol. The Labute approximate surface area is 340 Å². The fourth-order valence-corrected chi connectivity index (χ4v) is 9.48. The van der Waals surface area contributed by atoms with Gasteiger partial charge in [0, 0.05) is 22.4 Å². The molecule has 0 bridgehead atoms. The lowest BCUT2D eigenvalue weighted by atomic mass is 9.82. The van der Waals surface area contributed by atoms with Gasteiger partial charge >= 0.3 is 0 Å². The Morgan fingerprint density at radius 2 is 0.879 bits per heavy atom. The minimum atomic E-state index is -0.126. The largest absolute Gasteiger partial charge is 0.310 e. The zero-order chi connectivity index (χ0) is 38.8. The maximum atomic E-state index is 2.46. The SMILES string of the molecule is CC1(C)c2ccccc2-c2ccc(N(c3ccc(-c4cccc5ccccc45)cc3)c3ccc(-c4ccc5c(ccc6ccccc65)c4)cc3-c3ccccc3)cc21. The van der Waals surface area contributed by atoms with Crippen molar-refractivity contribution >= 4 is 49.4 Å². The Bertz CT molecular complexity index is 3180. The van der Waals surface area contributed by atoms with E-state index >= 15 is 0 Å².